The Morgan fingerprint density at radius 1 is 1.18 bits per heavy atom. The van der Waals surface area contributed by atoms with E-state index in [9.17, 15) is 18.3 Å². The molecule has 2 aromatic rings. The summed E-state index contributed by atoms with van der Waals surface area (Å²) in [6.45, 7) is 3.00. The molecule has 92 valence electrons. The summed E-state index contributed by atoms with van der Waals surface area (Å²) in [7, 11) is 0. The maximum atomic E-state index is 12.6. The molecule has 17 heavy (non-hydrogen) atoms. The molecule has 0 spiro atoms. The van der Waals surface area contributed by atoms with Crippen LogP contribution in [0.4, 0.5) is 13.2 Å². The van der Waals surface area contributed by atoms with E-state index in [1.807, 2.05) is 0 Å². The second kappa shape index (κ2) is 3.50. The maximum absolute atomic E-state index is 12.6. The van der Waals surface area contributed by atoms with E-state index in [0.717, 1.165) is 12.1 Å². The van der Waals surface area contributed by atoms with Crippen molar-refractivity contribution in [1.82, 2.24) is 0 Å². The van der Waals surface area contributed by atoms with Crippen LogP contribution in [0.5, 0.6) is 0 Å². The lowest BCUT2D eigenvalue weighted by atomic mass is 9.97. The third-order valence-corrected chi connectivity index (χ3v) is 2.56. The first-order valence-electron chi connectivity index (χ1n) is 5.01. The Kier molecular flexibility index (Phi) is 2.47. The summed E-state index contributed by atoms with van der Waals surface area (Å²) in [6.07, 6.45) is -3.12. The van der Waals surface area contributed by atoms with Gasteiger partial charge in [-0.05, 0) is 32.0 Å². The number of rotatable bonds is 1. The van der Waals surface area contributed by atoms with E-state index in [1.54, 1.807) is 0 Å². The Balaban J connectivity index is 2.67. The Hall–Kier alpha value is -1.49. The van der Waals surface area contributed by atoms with Crippen molar-refractivity contribution in [2.45, 2.75) is 25.6 Å². The first kappa shape index (κ1) is 12.0. The van der Waals surface area contributed by atoms with Crippen LogP contribution in [0.1, 0.15) is 25.0 Å². The van der Waals surface area contributed by atoms with Gasteiger partial charge in [0.05, 0.1) is 17.4 Å². The first-order valence-corrected chi connectivity index (χ1v) is 5.01. The molecule has 1 heterocycles. The van der Waals surface area contributed by atoms with Crippen molar-refractivity contribution in [1.29, 1.82) is 0 Å². The van der Waals surface area contributed by atoms with Gasteiger partial charge in [-0.25, -0.2) is 0 Å². The summed E-state index contributed by atoms with van der Waals surface area (Å²) in [6, 6.07) is 3.21. The summed E-state index contributed by atoms with van der Waals surface area (Å²) < 4.78 is 42.8. The van der Waals surface area contributed by atoms with E-state index < -0.39 is 17.3 Å². The van der Waals surface area contributed by atoms with Crippen LogP contribution in [0.25, 0.3) is 11.0 Å². The Morgan fingerprint density at radius 2 is 1.82 bits per heavy atom. The number of alkyl halides is 3. The minimum Gasteiger partial charge on any atom is -0.464 e. The quantitative estimate of drug-likeness (QED) is 0.830. The van der Waals surface area contributed by atoms with E-state index in [0.29, 0.717) is 11.1 Å². The second-order valence-corrected chi connectivity index (χ2v) is 4.42. The zero-order valence-electron chi connectivity index (χ0n) is 9.30. The third-order valence-electron chi connectivity index (χ3n) is 2.56. The molecule has 0 saturated heterocycles. The molecule has 2 rings (SSSR count). The number of furan rings is 1. The van der Waals surface area contributed by atoms with E-state index in [1.165, 1.54) is 26.2 Å². The van der Waals surface area contributed by atoms with Crippen LogP contribution in [0.2, 0.25) is 0 Å². The predicted molar refractivity (Wildman–Crippen MR) is 56.5 cm³/mol. The van der Waals surface area contributed by atoms with Gasteiger partial charge in [-0.1, -0.05) is 0 Å². The van der Waals surface area contributed by atoms with E-state index in [-0.39, 0.29) is 5.39 Å². The number of benzene rings is 1. The molecule has 0 aliphatic heterocycles. The molecule has 0 aliphatic rings. The SMILES string of the molecule is CC(C)(O)c1coc2ccc(C(F)(F)F)cc12. The fourth-order valence-corrected chi connectivity index (χ4v) is 1.68. The van der Waals surface area contributed by atoms with Gasteiger partial charge in [0.1, 0.15) is 5.58 Å². The highest BCUT2D eigenvalue weighted by Gasteiger charge is 2.32. The van der Waals surface area contributed by atoms with Gasteiger partial charge < -0.3 is 9.52 Å². The maximum Gasteiger partial charge on any atom is 0.416 e. The molecule has 1 N–H and O–H groups in total. The number of halogens is 3. The van der Waals surface area contributed by atoms with Gasteiger partial charge in [-0.2, -0.15) is 13.2 Å². The number of hydrogen-bond acceptors (Lipinski definition) is 2. The van der Waals surface area contributed by atoms with Crippen molar-refractivity contribution in [3.8, 4) is 0 Å². The molecule has 1 aromatic heterocycles. The van der Waals surface area contributed by atoms with Crippen LogP contribution in [0.15, 0.2) is 28.9 Å². The highest BCUT2D eigenvalue weighted by atomic mass is 19.4. The van der Waals surface area contributed by atoms with Crippen LogP contribution in [-0.4, -0.2) is 5.11 Å². The Labute approximate surface area is 95.7 Å². The van der Waals surface area contributed by atoms with E-state index >= 15 is 0 Å². The largest absolute Gasteiger partial charge is 0.464 e. The molecule has 0 fully saturated rings. The highest BCUT2D eigenvalue weighted by molar-refractivity contribution is 5.82. The lowest BCUT2D eigenvalue weighted by molar-refractivity contribution is -0.137. The van der Waals surface area contributed by atoms with Crippen LogP contribution >= 0.6 is 0 Å². The minimum atomic E-state index is -4.40. The molecular weight excluding hydrogens is 233 g/mol. The average molecular weight is 244 g/mol. The summed E-state index contributed by atoms with van der Waals surface area (Å²) in [5.74, 6) is 0. The number of hydrogen-bond donors (Lipinski definition) is 1. The van der Waals surface area contributed by atoms with Crippen LogP contribution in [-0.2, 0) is 11.8 Å². The van der Waals surface area contributed by atoms with Crippen molar-refractivity contribution in [3.63, 3.8) is 0 Å². The zero-order chi connectivity index (χ0) is 12.8. The monoisotopic (exact) mass is 244 g/mol. The lowest BCUT2D eigenvalue weighted by Gasteiger charge is -2.15. The van der Waals surface area contributed by atoms with Gasteiger partial charge in [0.2, 0.25) is 0 Å². The van der Waals surface area contributed by atoms with Gasteiger partial charge in [-0.15, -0.1) is 0 Å². The van der Waals surface area contributed by atoms with Crippen LogP contribution in [0, 0.1) is 0 Å². The molecule has 1 aromatic carbocycles. The second-order valence-electron chi connectivity index (χ2n) is 4.42. The van der Waals surface area contributed by atoms with Gasteiger partial charge in [0.25, 0.3) is 0 Å². The van der Waals surface area contributed by atoms with Crippen LogP contribution in [0.3, 0.4) is 0 Å². The zero-order valence-corrected chi connectivity index (χ0v) is 9.30. The average Bonchev–Trinajstić information content (AvgIpc) is 2.57. The van der Waals surface area contributed by atoms with E-state index in [4.69, 9.17) is 4.42 Å². The van der Waals surface area contributed by atoms with Gasteiger partial charge in [0.15, 0.2) is 0 Å². The molecule has 0 aliphatic carbocycles. The molecule has 2 nitrogen and oxygen atoms in total. The fourth-order valence-electron chi connectivity index (χ4n) is 1.68. The molecule has 0 amide bonds. The molecule has 0 radical (unpaired) electrons. The highest BCUT2D eigenvalue weighted by Crippen LogP contribution is 2.35. The van der Waals surface area contributed by atoms with Crippen molar-refractivity contribution in [3.05, 3.63) is 35.6 Å². The third kappa shape index (κ3) is 2.15. The molecule has 0 saturated carbocycles. The van der Waals surface area contributed by atoms with Crippen molar-refractivity contribution >= 4 is 11.0 Å². The smallest absolute Gasteiger partial charge is 0.416 e. The topological polar surface area (TPSA) is 33.4 Å². The Bertz CT molecular complexity index is 547. The number of fused-ring (bicyclic) bond motifs is 1. The summed E-state index contributed by atoms with van der Waals surface area (Å²) in [5.41, 5.74) is -1.32. The van der Waals surface area contributed by atoms with Crippen molar-refractivity contribution in [2.75, 3.05) is 0 Å². The molecule has 5 heteroatoms. The molecule has 0 atom stereocenters. The van der Waals surface area contributed by atoms with E-state index in [2.05, 4.69) is 0 Å². The van der Waals surface area contributed by atoms with Crippen molar-refractivity contribution < 1.29 is 22.7 Å². The van der Waals surface area contributed by atoms with Gasteiger partial charge >= 0.3 is 6.18 Å². The summed E-state index contributed by atoms with van der Waals surface area (Å²) in [4.78, 5) is 0. The molecular formula is C12H11F3O2. The summed E-state index contributed by atoms with van der Waals surface area (Å²) in [5, 5.41) is 10.1. The molecule has 0 bridgehead atoms. The minimum absolute atomic E-state index is 0.285. The normalized spacial score (nSPS) is 13.3. The van der Waals surface area contributed by atoms with Crippen LogP contribution < -0.4 is 0 Å². The van der Waals surface area contributed by atoms with Crippen molar-refractivity contribution in [2.24, 2.45) is 0 Å². The fraction of sp³-hybridized carbons (Fsp3) is 0.333. The summed E-state index contributed by atoms with van der Waals surface area (Å²) >= 11 is 0. The molecule has 0 unspecified atom stereocenters. The number of aliphatic hydroxyl groups is 1. The van der Waals surface area contributed by atoms with Gasteiger partial charge in [0, 0.05) is 10.9 Å². The standard InChI is InChI=1S/C12H11F3O2/c1-11(2,16)9-6-17-10-4-3-7(5-8(9)10)12(13,14)15/h3-6,16H,1-2H3. The first-order chi connectivity index (χ1) is 7.69. The Morgan fingerprint density at radius 3 is 2.35 bits per heavy atom. The predicted octanol–water partition coefficient (Wildman–Crippen LogP) is 3.68. The lowest BCUT2D eigenvalue weighted by Crippen LogP contribution is -2.14. The van der Waals surface area contributed by atoms with Gasteiger partial charge in [-0.3, -0.25) is 0 Å².